The fourth-order valence-corrected chi connectivity index (χ4v) is 5.74. The molecule has 2 unspecified atom stereocenters. The van der Waals surface area contributed by atoms with Crippen LogP contribution in [0.2, 0.25) is 0 Å². The highest BCUT2D eigenvalue weighted by Gasteiger charge is 2.54. The van der Waals surface area contributed by atoms with E-state index in [1.807, 2.05) is 20.8 Å². The number of hydrogen-bond acceptors (Lipinski definition) is 5. The van der Waals surface area contributed by atoms with Crippen LogP contribution in [0.3, 0.4) is 0 Å². The molecule has 9 nitrogen and oxygen atoms in total. The molecule has 0 aromatic heterocycles. The van der Waals surface area contributed by atoms with E-state index in [2.05, 4.69) is 5.32 Å². The van der Waals surface area contributed by atoms with Gasteiger partial charge in [0.15, 0.2) is 5.25 Å². The molecule has 28 heavy (non-hydrogen) atoms. The number of rotatable bonds is 5. The molecule has 0 aromatic carbocycles. The van der Waals surface area contributed by atoms with Crippen molar-refractivity contribution < 1.29 is 22.8 Å². The van der Waals surface area contributed by atoms with Crippen LogP contribution >= 0.6 is 0 Å². The van der Waals surface area contributed by atoms with Gasteiger partial charge in [0.2, 0.25) is 27.7 Å². The number of sulfonamides is 1. The van der Waals surface area contributed by atoms with Gasteiger partial charge in [-0.2, -0.15) is 0 Å². The van der Waals surface area contributed by atoms with Crippen molar-refractivity contribution in [3.05, 3.63) is 0 Å². The molecule has 0 saturated carbocycles. The predicted molar refractivity (Wildman–Crippen MR) is 102 cm³/mol. The third-order valence-electron chi connectivity index (χ3n) is 6.36. The topological polar surface area (TPSA) is 130 Å². The van der Waals surface area contributed by atoms with E-state index in [1.54, 1.807) is 9.80 Å². The number of carbonyl (C=O) groups excluding carboxylic acids is 3. The zero-order valence-electron chi connectivity index (χ0n) is 16.7. The van der Waals surface area contributed by atoms with Gasteiger partial charge in [-0.05, 0) is 26.7 Å². The van der Waals surface area contributed by atoms with Gasteiger partial charge in [-0.25, -0.2) is 13.6 Å². The highest BCUT2D eigenvalue weighted by molar-refractivity contribution is 7.90. The Balaban J connectivity index is 1.60. The molecule has 3 heterocycles. The van der Waals surface area contributed by atoms with Gasteiger partial charge < -0.3 is 15.1 Å². The van der Waals surface area contributed by atoms with Crippen molar-refractivity contribution in [2.45, 2.75) is 57.2 Å². The van der Waals surface area contributed by atoms with E-state index < -0.39 is 26.7 Å². The number of likely N-dealkylation sites (tertiary alicyclic amines) is 2. The van der Waals surface area contributed by atoms with E-state index in [9.17, 15) is 22.8 Å². The summed E-state index contributed by atoms with van der Waals surface area (Å²) in [6.45, 7) is 7.51. The van der Waals surface area contributed by atoms with Gasteiger partial charge in [0.25, 0.3) is 0 Å². The Morgan fingerprint density at radius 3 is 2.36 bits per heavy atom. The van der Waals surface area contributed by atoms with Crippen LogP contribution in [-0.2, 0) is 24.4 Å². The third-order valence-corrected chi connectivity index (χ3v) is 7.59. The molecule has 0 radical (unpaired) electrons. The van der Waals surface area contributed by atoms with Crippen LogP contribution in [0.25, 0.3) is 0 Å². The molecule has 3 saturated heterocycles. The number of hydrogen-bond donors (Lipinski definition) is 2. The maximum absolute atomic E-state index is 12.8. The monoisotopic (exact) mass is 414 g/mol. The van der Waals surface area contributed by atoms with Gasteiger partial charge in [-0.3, -0.25) is 14.4 Å². The summed E-state index contributed by atoms with van der Waals surface area (Å²) in [5.41, 5.74) is -0.738. The molecule has 3 aliphatic heterocycles. The lowest BCUT2D eigenvalue weighted by Gasteiger charge is -2.49. The van der Waals surface area contributed by atoms with Gasteiger partial charge in [0.1, 0.15) is 0 Å². The van der Waals surface area contributed by atoms with Gasteiger partial charge in [0.05, 0.1) is 5.92 Å². The van der Waals surface area contributed by atoms with Crippen LogP contribution in [0.1, 0.15) is 46.5 Å². The smallest absolute Gasteiger partial charge is 0.242 e. The van der Waals surface area contributed by atoms with Crippen molar-refractivity contribution in [3.8, 4) is 0 Å². The summed E-state index contributed by atoms with van der Waals surface area (Å²) in [4.78, 5) is 40.5. The highest BCUT2D eigenvalue weighted by Crippen LogP contribution is 2.42. The minimum Gasteiger partial charge on any atom is -0.350 e. The molecule has 3 amide bonds. The van der Waals surface area contributed by atoms with Gasteiger partial charge >= 0.3 is 0 Å². The second-order valence-electron chi connectivity index (χ2n) is 9.10. The van der Waals surface area contributed by atoms with Crippen molar-refractivity contribution in [1.82, 2.24) is 15.1 Å². The molecule has 0 bridgehead atoms. The van der Waals surface area contributed by atoms with E-state index in [0.29, 0.717) is 32.6 Å². The molecule has 10 heteroatoms. The summed E-state index contributed by atoms with van der Waals surface area (Å²) in [7, 11) is -3.94. The molecule has 1 spiro atoms. The number of nitrogens with one attached hydrogen (secondary N) is 1. The van der Waals surface area contributed by atoms with Gasteiger partial charge in [-0.15, -0.1) is 0 Å². The Bertz CT molecular complexity index is 788. The number of primary sulfonamides is 1. The molecule has 3 N–H and O–H groups in total. The standard InChI is InChI=1S/C18H30N4O5S/c1-4-5-13(28(19,26)27)16(25)21-7-6-18(9-21)10-22(11-18)15(24)12-8-14(23)20-17(12,2)3/h12-13H,4-11H2,1-3H3,(H,20,23)(H2,19,26,27). The normalized spacial score (nSPS) is 26.9. The minimum absolute atomic E-state index is 0.0350. The van der Waals surface area contributed by atoms with Crippen molar-refractivity contribution in [2.24, 2.45) is 16.5 Å². The SMILES string of the molecule is CCCC(C(=O)N1CCC2(CN(C(=O)C3CC(=O)NC3(C)C)C2)C1)S(N)(=O)=O. The van der Waals surface area contributed by atoms with E-state index in [1.165, 1.54) is 0 Å². The average molecular weight is 415 g/mol. The van der Waals surface area contributed by atoms with Crippen LogP contribution in [0, 0.1) is 11.3 Å². The molecule has 158 valence electrons. The van der Waals surface area contributed by atoms with E-state index >= 15 is 0 Å². The van der Waals surface area contributed by atoms with E-state index in [4.69, 9.17) is 5.14 Å². The molecule has 3 rings (SSSR count). The summed E-state index contributed by atoms with van der Waals surface area (Å²) in [6.07, 6.45) is 1.70. The van der Waals surface area contributed by atoms with E-state index in [0.717, 1.165) is 6.42 Å². The van der Waals surface area contributed by atoms with Crippen LogP contribution in [0.5, 0.6) is 0 Å². The molecule has 2 atom stereocenters. The van der Waals surface area contributed by atoms with Crippen LogP contribution in [0.4, 0.5) is 0 Å². The predicted octanol–water partition coefficient (Wildman–Crippen LogP) is -0.581. The molecule has 3 aliphatic rings. The van der Waals surface area contributed by atoms with Crippen LogP contribution in [0.15, 0.2) is 0 Å². The Morgan fingerprint density at radius 1 is 1.25 bits per heavy atom. The molecule has 3 fully saturated rings. The minimum atomic E-state index is -3.94. The Labute approximate surface area is 166 Å². The first-order chi connectivity index (χ1) is 12.9. The Hall–Kier alpha value is -1.68. The first-order valence-corrected chi connectivity index (χ1v) is 11.4. The van der Waals surface area contributed by atoms with Crippen LogP contribution in [-0.4, -0.2) is 72.9 Å². The summed E-state index contributed by atoms with van der Waals surface area (Å²) < 4.78 is 23.6. The fourth-order valence-electron chi connectivity index (χ4n) is 4.75. The first-order valence-electron chi connectivity index (χ1n) is 9.79. The highest BCUT2D eigenvalue weighted by atomic mass is 32.2. The summed E-state index contributed by atoms with van der Waals surface area (Å²) >= 11 is 0. The zero-order valence-corrected chi connectivity index (χ0v) is 17.5. The first kappa shape index (κ1) is 21.0. The third kappa shape index (κ3) is 3.76. The lowest BCUT2D eigenvalue weighted by molar-refractivity contribution is -0.149. The maximum Gasteiger partial charge on any atom is 0.242 e. The largest absolute Gasteiger partial charge is 0.350 e. The lowest BCUT2D eigenvalue weighted by Crippen LogP contribution is -2.62. The maximum atomic E-state index is 12.8. The van der Waals surface area contributed by atoms with Gasteiger partial charge in [-0.1, -0.05) is 13.3 Å². The van der Waals surface area contributed by atoms with Crippen LogP contribution < -0.4 is 10.5 Å². The second kappa shape index (κ2) is 6.98. The number of carbonyl (C=O) groups is 3. The summed E-state index contributed by atoms with van der Waals surface area (Å²) in [6, 6.07) is 0. The Morgan fingerprint density at radius 2 is 1.86 bits per heavy atom. The second-order valence-corrected chi connectivity index (χ2v) is 10.8. The van der Waals surface area contributed by atoms with Crippen molar-refractivity contribution in [2.75, 3.05) is 26.2 Å². The summed E-state index contributed by atoms with van der Waals surface area (Å²) in [5.74, 6) is -0.959. The average Bonchev–Trinajstić information content (AvgIpc) is 3.09. The molecule has 0 aliphatic carbocycles. The number of amides is 3. The molecular formula is C18H30N4O5S. The zero-order chi connectivity index (χ0) is 20.9. The summed E-state index contributed by atoms with van der Waals surface area (Å²) in [5, 5.41) is 6.90. The van der Waals surface area contributed by atoms with Crippen molar-refractivity contribution in [1.29, 1.82) is 0 Å². The number of nitrogens with zero attached hydrogens (tertiary/aromatic N) is 2. The van der Waals surface area contributed by atoms with E-state index in [-0.39, 0.29) is 36.0 Å². The lowest BCUT2D eigenvalue weighted by atomic mass is 9.77. The molecular weight excluding hydrogens is 384 g/mol. The fraction of sp³-hybridized carbons (Fsp3) is 0.833. The Kier molecular flexibility index (Phi) is 5.24. The quantitative estimate of drug-likeness (QED) is 0.622. The molecule has 0 aromatic rings. The number of nitrogens with two attached hydrogens (primary N) is 1. The van der Waals surface area contributed by atoms with Crippen molar-refractivity contribution in [3.63, 3.8) is 0 Å². The van der Waals surface area contributed by atoms with Crippen molar-refractivity contribution >= 4 is 27.7 Å². The van der Waals surface area contributed by atoms with Gasteiger partial charge in [0, 0.05) is 43.6 Å².